The molecule has 0 saturated heterocycles. The summed E-state index contributed by atoms with van der Waals surface area (Å²) in [6, 6.07) is 72.5. The Morgan fingerprint density at radius 3 is 1.66 bits per heavy atom. The first-order valence-electron chi connectivity index (χ1n) is 29.9. The van der Waals surface area contributed by atoms with Crippen molar-refractivity contribution in [3.05, 3.63) is 241 Å². The summed E-state index contributed by atoms with van der Waals surface area (Å²) in [5.41, 5.74) is 17.8. The maximum Gasteiger partial charge on any atom is 0.267 e. The van der Waals surface area contributed by atoms with Crippen LogP contribution in [0.3, 0.4) is 0 Å². The average molecular weight is 1320 g/mol. The molecule has 2 aliphatic heterocycles. The second kappa shape index (κ2) is 21.3. The van der Waals surface area contributed by atoms with Gasteiger partial charge in [-0.3, -0.25) is 4.57 Å². The summed E-state index contributed by atoms with van der Waals surface area (Å²) < 4.78 is 27.4. The predicted octanol–water partition coefficient (Wildman–Crippen LogP) is 17.4. The number of hydrogen-bond donors (Lipinski definition) is 0. The monoisotopic (exact) mass is 1320 g/mol. The number of rotatable bonds is 8. The standard InChI is InChI=1S/C78H69BN4O3.Pt/c1-75(2,3)53-27-31-64-68(43-53)85-70-39-52(40-71-73(70)79(64)65-32-28-54(76(4,5)6)44-69(65)86-71)51-26-33-66-63(38-51)62-30-29-58(47-67(62)83(66)72-45-55(34-35-80-72)77(7,8)9)84-59-42-56(78(10,11)12)41-57(46-59)81-36-37-82(48-81)74-60(49-20-15-13-16-21-49)24-19-25-61(74)50-22-17-14-18-23-50;/h13-45H,1-12H3;/q-2;. The van der Waals surface area contributed by atoms with Gasteiger partial charge in [-0.1, -0.05) is 204 Å². The van der Waals surface area contributed by atoms with E-state index in [1.807, 2.05) is 23.0 Å². The van der Waals surface area contributed by atoms with Crippen LogP contribution >= 0.6 is 0 Å². The van der Waals surface area contributed by atoms with Gasteiger partial charge in [0.15, 0.2) is 0 Å². The first-order valence-corrected chi connectivity index (χ1v) is 29.9. The number of aromatic nitrogens is 4. The first kappa shape index (κ1) is 57.4. The number of nitrogens with zero attached hydrogens (tertiary/aromatic N) is 4. The quantitative estimate of drug-likeness (QED) is 0.0864. The van der Waals surface area contributed by atoms with Crippen molar-refractivity contribution in [1.82, 2.24) is 14.1 Å². The summed E-state index contributed by atoms with van der Waals surface area (Å²) >= 11 is 0. The van der Waals surface area contributed by atoms with Crippen LogP contribution < -0.4 is 35.2 Å². The zero-order chi connectivity index (χ0) is 59.6. The number of ether oxygens (including phenoxy) is 3. The molecular formula is C78H69BN4O3Pt-2. The van der Waals surface area contributed by atoms with Crippen molar-refractivity contribution >= 4 is 44.9 Å². The van der Waals surface area contributed by atoms with Crippen molar-refractivity contribution in [2.24, 2.45) is 0 Å². The van der Waals surface area contributed by atoms with E-state index in [1.165, 1.54) is 16.7 Å². The molecule has 0 amide bonds. The molecule has 0 aliphatic carbocycles. The van der Waals surface area contributed by atoms with Gasteiger partial charge in [-0.05, 0) is 136 Å². The SMILES string of the molecule is CC(C)(C)c1cc(Oc2[c-]c3c(cc2)c2cc(-c4cc5c6c(c4)Oc4cc(C(C)(C)C)ccc4B6c4ccc(C(C)(C)C)cc4O5)ccc2n3-c2cc(C(C)(C)C)ccn2)[c-]c(-n2[c-][n+](-c3c(-c4ccccc4)cccc3-c3ccccc3)cc2)c1.[Pt]. The third-order valence-electron chi connectivity index (χ3n) is 17.2. The molecule has 5 heterocycles. The summed E-state index contributed by atoms with van der Waals surface area (Å²) in [5.74, 6) is 5.31. The van der Waals surface area contributed by atoms with Gasteiger partial charge in [0.05, 0.1) is 5.69 Å². The molecule has 0 radical (unpaired) electrons. The molecule has 434 valence electrons. The second-order valence-electron chi connectivity index (χ2n) is 27.4. The van der Waals surface area contributed by atoms with Crippen molar-refractivity contribution in [1.29, 1.82) is 0 Å². The molecule has 0 atom stereocenters. The van der Waals surface area contributed by atoms with E-state index in [9.17, 15) is 0 Å². The fourth-order valence-corrected chi connectivity index (χ4v) is 12.3. The number of fused-ring (bicyclic) bond motifs is 7. The van der Waals surface area contributed by atoms with E-state index in [1.54, 1.807) is 0 Å². The molecule has 0 N–H and O–H groups in total. The Morgan fingerprint density at radius 2 is 1.07 bits per heavy atom. The van der Waals surface area contributed by atoms with Gasteiger partial charge < -0.3 is 23.3 Å². The molecule has 14 rings (SSSR count). The van der Waals surface area contributed by atoms with Crippen LogP contribution in [0.1, 0.15) is 105 Å². The Labute approximate surface area is 526 Å². The first-order chi connectivity index (χ1) is 41.1. The molecular weight excluding hydrogens is 1250 g/mol. The third kappa shape index (κ3) is 10.5. The molecule has 87 heavy (non-hydrogen) atoms. The predicted molar refractivity (Wildman–Crippen MR) is 351 cm³/mol. The van der Waals surface area contributed by atoms with E-state index < -0.39 is 0 Å². The van der Waals surface area contributed by atoms with E-state index in [0.29, 0.717) is 11.5 Å². The minimum absolute atomic E-state index is 0. The molecule has 12 aromatic rings. The van der Waals surface area contributed by atoms with Gasteiger partial charge in [-0.2, -0.15) is 17.7 Å². The second-order valence-corrected chi connectivity index (χ2v) is 27.4. The Morgan fingerprint density at radius 1 is 0.483 bits per heavy atom. The smallest absolute Gasteiger partial charge is 0.267 e. The van der Waals surface area contributed by atoms with E-state index >= 15 is 0 Å². The minimum atomic E-state index is -0.219. The maximum absolute atomic E-state index is 7.03. The van der Waals surface area contributed by atoms with E-state index in [2.05, 4.69) is 293 Å². The summed E-state index contributed by atoms with van der Waals surface area (Å²) in [6.07, 6.45) is 9.73. The molecule has 0 spiro atoms. The van der Waals surface area contributed by atoms with Crippen LogP contribution in [0.5, 0.6) is 34.5 Å². The number of pyridine rings is 1. The maximum atomic E-state index is 7.03. The van der Waals surface area contributed by atoms with E-state index in [4.69, 9.17) is 19.2 Å². The normalized spacial score (nSPS) is 12.9. The van der Waals surface area contributed by atoms with Gasteiger partial charge in [-0.25, -0.2) is 4.98 Å². The van der Waals surface area contributed by atoms with Gasteiger partial charge in [0.2, 0.25) is 0 Å². The van der Waals surface area contributed by atoms with Gasteiger partial charge in [0, 0.05) is 62.1 Å². The minimum Gasteiger partial charge on any atom is -0.510 e. The van der Waals surface area contributed by atoms with Crippen LogP contribution in [0.2, 0.25) is 0 Å². The molecule has 0 fully saturated rings. The molecule has 3 aromatic heterocycles. The number of hydrogen-bond acceptors (Lipinski definition) is 4. The molecule has 0 unspecified atom stereocenters. The van der Waals surface area contributed by atoms with Crippen LogP contribution in [-0.4, -0.2) is 20.8 Å². The van der Waals surface area contributed by atoms with Crippen LogP contribution in [0.25, 0.3) is 72.4 Å². The van der Waals surface area contributed by atoms with Crippen molar-refractivity contribution in [2.45, 2.75) is 105 Å². The zero-order valence-corrected chi connectivity index (χ0v) is 53.7. The Balaban J connectivity index is 0.00000700. The number of benzene rings is 9. The summed E-state index contributed by atoms with van der Waals surface area (Å²) in [5, 5.41) is 2.07. The van der Waals surface area contributed by atoms with Crippen molar-refractivity contribution in [3.8, 4) is 85.1 Å². The summed E-state index contributed by atoms with van der Waals surface area (Å²) in [4.78, 5) is 5.06. The number of imidazole rings is 1. The van der Waals surface area contributed by atoms with Gasteiger partial charge in [0.25, 0.3) is 13.0 Å². The molecule has 9 heteroatoms. The fraction of sp³-hybridized carbons (Fsp3) is 0.205. The van der Waals surface area contributed by atoms with Gasteiger partial charge >= 0.3 is 0 Å². The Kier molecular flexibility index (Phi) is 14.1. The fourth-order valence-electron chi connectivity index (χ4n) is 12.3. The van der Waals surface area contributed by atoms with E-state index in [-0.39, 0.29) is 49.4 Å². The van der Waals surface area contributed by atoms with E-state index in [0.717, 1.165) is 117 Å². The topological polar surface area (TPSA) is 54.3 Å². The van der Waals surface area contributed by atoms with Gasteiger partial charge in [0.1, 0.15) is 28.8 Å². The number of para-hydroxylation sites is 1. The Hall–Kier alpha value is -8.71. The average Bonchev–Trinajstić information content (AvgIpc) is 1.51. The summed E-state index contributed by atoms with van der Waals surface area (Å²) in [7, 11) is 0. The zero-order valence-electron chi connectivity index (χ0n) is 51.5. The van der Waals surface area contributed by atoms with Crippen LogP contribution in [-0.2, 0) is 42.7 Å². The van der Waals surface area contributed by atoms with Crippen molar-refractivity contribution in [3.63, 3.8) is 0 Å². The van der Waals surface area contributed by atoms with Crippen LogP contribution in [0, 0.1) is 18.5 Å². The molecule has 0 bridgehead atoms. The molecule has 2 aliphatic rings. The molecule has 0 saturated carbocycles. The van der Waals surface area contributed by atoms with Gasteiger partial charge in [-0.15, -0.1) is 29.7 Å². The van der Waals surface area contributed by atoms with Crippen molar-refractivity contribution in [2.75, 3.05) is 0 Å². The third-order valence-corrected chi connectivity index (χ3v) is 17.2. The van der Waals surface area contributed by atoms with Crippen LogP contribution in [0.15, 0.2) is 201 Å². The summed E-state index contributed by atoms with van der Waals surface area (Å²) in [6.45, 7) is 26.8. The molecule has 7 nitrogen and oxygen atoms in total. The Bertz CT molecular complexity index is 4520. The van der Waals surface area contributed by atoms with Crippen LogP contribution in [0.4, 0.5) is 0 Å². The van der Waals surface area contributed by atoms with Crippen molar-refractivity contribution < 1.29 is 39.8 Å². The molecule has 9 aromatic carbocycles. The largest absolute Gasteiger partial charge is 0.510 e.